The van der Waals surface area contributed by atoms with Crippen LogP contribution in [0.15, 0.2) is 83.0 Å². The molecule has 2 amide bonds. The van der Waals surface area contributed by atoms with Crippen LogP contribution < -0.4 is 10.2 Å². The van der Waals surface area contributed by atoms with Gasteiger partial charge in [-0.3, -0.25) is 9.59 Å². The van der Waals surface area contributed by atoms with Crippen molar-refractivity contribution in [3.8, 4) is 0 Å². The maximum absolute atomic E-state index is 13.4. The maximum Gasteiger partial charge on any atom is 0.282 e. The van der Waals surface area contributed by atoms with Gasteiger partial charge in [-0.25, -0.2) is 4.90 Å². The van der Waals surface area contributed by atoms with Crippen LogP contribution in [0.4, 0.5) is 11.4 Å². The van der Waals surface area contributed by atoms with Crippen LogP contribution in [0.3, 0.4) is 0 Å². The van der Waals surface area contributed by atoms with Gasteiger partial charge in [0, 0.05) is 10.2 Å². The van der Waals surface area contributed by atoms with E-state index in [2.05, 4.69) is 27.3 Å². The molecule has 0 bridgehead atoms. The second-order valence-corrected chi connectivity index (χ2v) is 7.96. The van der Waals surface area contributed by atoms with Gasteiger partial charge in [-0.05, 0) is 60.9 Å². The molecule has 1 heterocycles. The summed E-state index contributed by atoms with van der Waals surface area (Å²) < 4.78 is 0.799. The number of aryl methyl sites for hydroxylation is 2. The lowest BCUT2D eigenvalue weighted by atomic mass is 10.0. The molecule has 1 N–H and O–H groups in total. The van der Waals surface area contributed by atoms with E-state index in [-0.39, 0.29) is 17.5 Å². The molecule has 0 radical (unpaired) electrons. The average Bonchev–Trinajstić information content (AvgIpc) is 2.91. The van der Waals surface area contributed by atoms with Crippen LogP contribution in [0.2, 0.25) is 0 Å². The summed E-state index contributed by atoms with van der Waals surface area (Å²) in [5, 5.41) is 3.22. The van der Waals surface area contributed by atoms with Gasteiger partial charge in [-0.15, -0.1) is 0 Å². The first-order chi connectivity index (χ1) is 13.9. The zero-order valence-corrected chi connectivity index (χ0v) is 17.7. The summed E-state index contributed by atoms with van der Waals surface area (Å²) in [5.41, 5.74) is 4.82. The monoisotopic (exact) mass is 446 g/mol. The average molecular weight is 447 g/mol. The fourth-order valence-corrected chi connectivity index (χ4v) is 3.95. The number of carbonyl (C=O) groups excluding carboxylic acids is 2. The van der Waals surface area contributed by atoms with Gasteiger partial charge < -0.3 is 5.32 Å². The first-order valence-corrected chi connectivity index (χ1v) is 10.0. The molecule has 3 aromatic carbocycles. The summed E-state index contributed by atoms with van der Waals surface area (Å²) in [5.74, 6) is -0.711. The number of hydrogen-bond acceptors (Lipinski definition) is 3. The molecule has 0 aromatic heterocycles. The van der Waals surface area contributed by atoms with Gasteiger partial charge in [0.2, 0.25) is 0 Å². The van der Waals surface area contributed by atoms with Crippen molar-refractivity contribution < 1.29 is 9.59 Å². The molecule has 0 spiro atoms. The van der Waals surface area contributed by atoms with Crippen LogP contribution in [0.25, 0.3) is 5.57 Å². The lowest BCUT2D eigenvalue weighted by Crippen LogP contribution is -2.32. The van der Waals surface area contributed by atoms with E-state index in [1.165, 1.54) is 4.90 Å². The molecule has 4 rings (SSSR count). The third kappa shape index (κ3) is 3.74. The Morgan fingerprint density at radius 3 is 2.14 bits per heavy atom. The number of nitrogens with zero attached hydrogens (tertiary/aromatic N) is 1. The van der Waals surface area contributed by atoms with Crippen molar-refractivity contribution in [3.05, 3.63) is 99.7 Å². The topological polar surface area (TPSA) is 49.4 Å². The van der Waals surface area contributed by atoms with Gasteiger partial charge in [0.05, 0.1) is 11.3 Å². The molecule has 0 saturated carbocycles. The molecule has 1 aliphatic rings. The van der Waals surface area contributed by atoms with Gasteiger partial charge in [-0.1, -0.05) is 58.4 Å². The number of rotatable bonds is 4. The number of amides is 2. The van der Waals surface area contributed by atoms with Crippen LogP contribution in [0, 0.1) is 13.8 Å². The van der Waals surface area contributed by atoms with E-state index in [1.54, 1.807) is 18.2 Å². The van der Waals surface area contributed by atoms with E-state index in [0.717, 1.165) is 21.3 Å². The Labute approximate surface area is 178 Å². The summed E-state index contributed by atoms with van der Waals surface area (Å²) in [6.07, 6.45) is 0. The zero-order valence-electron chi connectivity index (χ0n) is 16.1. The molecule has 4 nitrogen and oxygen atoms in total. The zero-order chi connectivity index (χ0) is 20.5. The predicted octanol–water partition coefficient (Wildman–Crippen LogP) is 5.46. The van der Waals surface area contributed by atoms with Crippen LogP contribution in [-0.4, -0.2) is 11.8 Å². The van der Waals surface area contributed by atoms with Crippen molar-refractivity contribution in [2.45, 2.75) is 13.8 Å². The molecule has 29 heavy (non-hydrogen) atoms. The lowest BCUT2D eigenvalue weighted by Gasteiger charge is -2.16. The molecule has 0 fully saturated rings. The Balaban J connectivity index is 1.83. The number of imide groups is 1. The molecule has 0 atom stereocenters. The number of halogens is 1. The van der Waals surface area contributed by atoms with Crippen molar-refractivity contribution in [2.24, 2.45) is 0 Å². The Kier molecular flexibility index (Phi) is 5.07. The summed E-state index contributed by atoms with van der Waals surface area (Å²) in [6.45, 7) is 4.00. The number of anilines is 2. The van der Waals surface area contributed by atoms with Crippen molar-refractivity contribution in [3.63, 3.8) is 0 Å². The van der Waals surface area contributed by atoms with Gasteiger partial charge in [0.15, 0.2) is 0 Å². The summed E-state index contributed by atoms with van der Waals surface area (Å²) in [7, 11) is 0. The highest BCUT2D eigenvalue weighted by atomic mass is 79.9. The summed E-state index contributed by atoms with van der Waals surface area (Å²) >= 11 is 3.42. The van der Waals surface area contributed by atoms with Crippen molar-refractivity contribution >= 4 is 44.7 Å². The third-order valence-electron chi connectivity index (χ3n) is 4.70. The van der Waals surface area contributed by atoms with Crippen LogP contribution in [0.1, 0.15) is 16.7 Å². The minimum absolute atomic E-state index is 0.283. The van der Waals surface area contributed by atoms with Crippen LogP contribution in [0.5, 0.6) is 0 Å². The Morgan fingerprint density at radius 1 is 0.793 bits per heavy atom. The number of hydrogen-bond donors (Lipinski definition) is 1. The van der Waals surface area contributed by atoms with Crippen molar-refractivity contribution in [1.82, 2.24) is 0 Å². The van der Waals surface area contributed by atoms with E-state index in [9.17, 15) is 9.59 Å². The largest absolute Gasteiger partial charge is 0.350 e. The Hall–Kier alpha value is -3.18. The first kappa shape index (κ1) is 19.2. The normalized spacial score (nSPS) is 14.0. The fraction of sp³-hybridized carbons (Fsp3) is 0.0833. The van der Waals surface area contributed by atoms with E-state index in [0.29, 0.717) is 16.8 Å². The highest BCUT2D eigenvalue weighted by Crippen LogP contribution is 2.34. The van der Waals surface area contributed by atoms with Crippen molar-refractivity contribution in [1.29, 1.82) is 0 Å². The summed E-state index contributed by atoms with van der Waals surface area (Å²) in [6, 6.07) is 22.4. The van der Waals surface area contributed by atoms with Crippen LogP contribution >= 0.6 is 15.9 Å². The Morgan fingerprint density at radius 2 is 1.48 bits per heavy atom. The van der Waals surface area contributed by atoms with Gasteiger partial charge >= 0.3 is 0 Å². The van der Waals surface area contributed by atoms with Crippen LogP contribution in [-0.2, 0) is 9.59 Å². The highest BCUT2D eigenvalue weighted by molar-refractivity contribution is 9.10. The number of nitrogens with one attached hydrogen (secondary N) is 1. The van der Waals surface area contributed by atoms with E-state index < -0.39 is 0 Å². The van der Waals surface area contributed by atoms with Gasteiger partial charge in [-0.2, -0.15) is 0 Å². The van der Waals surface area contributed by atoms with E-state index >= 15 is 0 Å². The second kappa shape index (κ2) is 7.68. The molecule has 0 unspecified atom stereocenters. The SMILES string of the molecule is Cc1cc(C)cc(NC2=C(c3ccccc3)C(=O)N(c3cccc(Br)c3)C2=O)c1. The Bertz CT molecular complexity index is 1130. The summed E-state index contributed by atoms with van der Waals surface area (Å²) in [4.78, 5) is 27.9. The van der Waals surface area contributed by atoms with Gasteiger partial charge in [0.1, 0.15) is 5.70 Å². The van der Waals surface area contributed by atoms with E-state index in [1.807, 2.05) is 62.4 Å². The maximum atomic E-state index is 13.4. The number of benzene rings is 3. The van der Waals surface area contributed by atoms with Crippen molar-refractivity contribution in [2.75, 3.05) is 10.2 Å². The third-order valence-corrected chi connectivity index (χ3v) is 5.20. The number of carbonyl (C=O) groups is 2. The molecule has 0 aliphatic carbocycles. The van der Waals surface area contributed by atoms with E-state index in [4.69, 9.17) is 0 Å². The minimum Gasteiger partial charge on any atom is -0.350 e. The second-order valence-electron chi connectivity index (χ2n) is 7.04. The first-order valence-electron chi connectivity index (χ1n) is 9.23. The van der Waals surface area contributed by atoms with Gasteiger partial charge in [0.25, 0.3) is 11.8 Å². The molecule has 144 valence electrons. The molecule has 3 aromatic rings. The highest BCUT2D eigenvalue weighted by Gasteiger charge is 2.40. The predicted molar refractivity (Wildman–Crippen MR) is 120 cm³/mol. The molecule has 0 saturated heterocycles. The molecule has 1 aliphatic heterocycles. The standard InChI is InChI=1S/C24H19BrN2O2/c1-15-11-16(2)13-19(12-15)26-22-21(17-7-4-3-5-8-17)23(28)27(24(22)29)20-10-6-9-18(25)14-20/h3-14,26H,1-2H3. The minimum atomic E-state index is -0.369. The smallest absolute Gasteiger partial charge is 0.282 e. The lowest BCUT2D eigenvalue weighted by molar-refractivity contribution is -0.120. The molecule has 5 heteroatoms. The fourth-order valence-electron chi connectivity index (χ4n) is 3.56. The molecular formula is C24H19BrN2O2. The molecular weight excluding hydrogens is 428 g/mol. The quantitative estimate of drug-likeness (QED) is 0.541.